The Labute approximate surface area is 107 Å². The predicted octanol–water partition coefficient (Wildman–Crippen LogP) is -0.273. The first kappa shape index (κ1) is 16.7. The number of nitrogens with zero attached hydrogens (tertiary/aromatic N) is 1. The zero-order valence-electron chi connectivity index (χ0n) is 11.2. The molecule has 106 valence electrons. The molecule has 7 nitrogen and oxygen atoms in total. The van der Waals surface area contributed by atoms with Gasteiger partial charge >= 0.3 is 12.0 Å². The monoisotopic (exact) mass is 261 g/mol. The minimum atomic E-state index is -1.02. The number of carboxylic acid groups (broad SMARTS) is 1. The second-order valence-corrected chi connectivity index (χ2v) is 4.00. The molecule has 0 aromatic rings. The summed E-state index contributed by atoms with van der Waals surface area (Å²) in [5, 5.41) is 13.8. The van der Waals surface area contributed by atoms with E-state index in [1.165, 1.54) is 0 Å². The number of carboxylic acids is 1. The molecule has 0 bridgehead atoms. The van der Waals surface area contributed by atoms with E-state index >= 15 is 0 Å². The topological polar surface area (TPSA) is 90.9 Å². The van der Waals surface area contributed by atoms with Gasteiger partial charge in [-0.2, -0.15) is 0 Å². The van der Waals surface area contributed by atoms with Crippen molar-refractivity contribution in [1.82, 2.24) is 15.5 Å². The molecule has 0 heterocycles. The number of nitrogens with one attached hydrogen (secondary N) is 2. The molecule has 1 atom stereocenters. The van der Waals surface area contributed by atoms with E-state index in [-0.39, 0.29) is 0 Å². The van der Waals surface area contributed by atoms with E-state index < -0.39 is 18.0 Å². The van der Waals surface area contributed by atoms with E-state index in [4.69, 9.17) is 9.84 Å². The van der Waals surface area contributed by atoms with Crippen molar-refractivity contribution in [2.45, 2.75) is 19.4 Å². The van der Waals surface area contributed by atoms with Gasteiger partial charge in [-0.1, -0.05) is 6.92 Å². The van der Waals surface area contributed by atoms with Crippen LogP contribution >= 0.6 is 0 Å². The zero-order chi connectivity index (χ0) is 14.0. The maximum atomic E-state index is 11.4. The minimum absolute atomic E-state index is 0.358. The number of urea groups is 1. The highest BCUT2D eigenvalue weighted by molar-refractivity contribution is 5.82. The molecule has 0 rings (SSSR count). The number of hydrogen-bond donors (Lipinski definition) is 3. The molecule has 0 aromatic heterocycles. The molecule has 7 heteroatoms. The number of carbonyl (C=O) groups excluding carboxylic acids is 1. The van der Waals surface area contributed by atoms with Gasteiger partial charge in [0.25, 0.3) is 0 Å². The quantitative estimate of drug-likeness (QED) is 0.531. The van der Waals surface area contributed by atoms with Crippen molar-refractivity contribution in [1.29, 1.82) is 0 Å². The molecule has 0 aliphatic heterocycles. The number of amides is 2. The van der Waals surface area contributed by atoms with Crippen LogP contribution in [0.2, 0.25) is 0 Å². The Balaban J connectivity index is 3.73. The van der Waals surface area contributed by atoms with Crippen LogP contribution in [0.4, 0.5) is 4.79 Å². The van der Waals surface area contributed by atoms with E-state index in [2.05, 4.69) is 10.6 Å². The fourth-order valence-corrected chi connectivity index (χ4v) is 1.27. The van der Waals surface area contributed by atoms with Crippen molar-refractivity contribution in [2.24, 2.45) is 0 Å². The molecule has 0 saturated carbocycles. The van der Waals surface area contributed by atoms with Gasteiger partial charge in [-0.3, -0.25) is 0 Å². The normalized spacial score (nSPS) is 12.2. The van der Waals surface area contributed by atoms with E-state index in [1.807, 2.05) is 11.9 Å². The number of ether oxygens (including phenoxy) is 1. The Bertz CT molecular complexity index is 261. The van der Waals surface area contributed by atoms with E-state index in [1.54, 1.807) is 14.0 Å². The van der Waals surface area contributed by atoms with Gasteiger partial charge in [0.05, 0.1) is 6.61 Å². The smallest absolute Gasteiger partial charge is 0.326 e. The molecular formula is C11H23N3O4. The summed E-state index contributed by atoms with van der Waals surface area (Å²) in [5.41, 5.74) is 0. The van der Waals surface area contributed by atoms with Crippen LogP contribution in [-0.2, 0) is 9.53 Å². The van der Waals surface area contributed by atoms with Crippen molar-refractivity contribution in [3.63, 3.8) is 0 Å². The maximum Gasteiger partial charge on any atom is 0.326 e. The third kappa shape index (κ3) is 7.86. The molecule has 0 fully saturated rings. The number of methoxy groups -OCH3 is 1. The first-order valence-electron chi connectivity index (χ1n) is 5.95. The summed E-state index contributed by atoms with van der Waals surface area (Å²) in [5.74, 6) is -1.02. The standard InChI is InChI=1S/C11H23N3O4/c1-4-9(10(15)16)13-11(17)12-5-6-14(2)7-8-18-3/h9H,4-8H2,1-3H3,(H,15,16)(H2,12,13,17)/t9-/m0/s1. The summed E-state index contributed by atoms with van der Waals surface area (Å²) >= 11 is 0. The van der Waals surface area contributed by atoms with Gasteiger partial charge in [0.15, 0.2) is 0 Å². The molecular weight excluding hydrogens is 238 g/mol. The number of aliphatic carboxylic acids is 1. The first-order valence-corrected chi connectivity index (χ1v) is 5.95. The highest BCUT2D eigenvalue weighted by Gasteiger charge is 2.16. The summed E-state index contributed by atoms with van der Waals surface area (Å²) in [6.07, 6.45) is 0.358. The average molecular weight is 261 g/mol. The van der Waals surface area contributed by atoms with Gasteiger partial charge < -0.3 is 25.4 Å². The van der Waals surface area contributed by atoms with Crippen LogP contribution < -0.4 is 10.6 Å². The number of likely N-dealkylation sites (N-methyl/N-ethyl adjacent to an activating group) is 1. The van der Waals surface area contributed by atoms with Crippen LogP contribution in [-0.4, -0.2) is 68.4 Å². The molecule has 0 radical (unpaired) electrons. The second-order valence-electron chi connectivity index (χ2n) is 4.00. The highest BCUT2D eigenvalue weighted by atomic mass is 16.5. The number of hydrogen-bond acceptors (Lipinski definition) is 4. The Morgan fingerprint density at radius 2 is 2.06 bits per heavy atom. The molecule has 0 aliphatic rings. The van der Waals surface area contributed by atoms with Gasteiger partial charge in [-0.15, -0.1) is 0 Å². The largest absolute Gasteiger partial charge is 0.480 e. The zero-order valence-corrected chi connectivity index (χ0v) is 11.2. The lowest BCUT2D eigenvalue weighted by molar-refractivity contribution is -0.139. The predicted molar refractivity (Wildman–Crippen MR) is 67.6 cm³/mol. The lowest BCUT2D eigenvalue weighted by Gasteiger charge is -2.17. The van der Waals surface area contributed by atoms with Crippen molar-refractivity contribution in [2.75, 3.05) is 40.4 Å². The SMILES string of the molecule is CC[C@H](NC(=O)NCCN(C)CCOC)C(=O)O. The van der Waals surface area contributed by atoms with Crippen LogP contribution in [0.5, 0.6) is 0 Å². The minimum Gasteiger partial charge on any atom is -0.480 e. The maximum absolute atomic E-state index is 11.4. The molecule has 0 spiro atoms. The van der Waals surface area contributed by atoms with E-state index in [0.717, 1.165) is 6.54 Å². The Morgan fingerprint density at radius 3 is 2.56 bits per heavy atom. The fourth-order valence-electron chi connectivity index (χ4n) is 1.27. The lowest BCUT2D eigenvalue weighted by Crippen LogP contribution is -2.47. The van der Waals surface area contributed by atoms with Crippen LogP contribution in [0, 0.1) is 0 Å². The summed E-state index contributed by atoms with van der Waals surface area (Å²) in [6.45, 7) is 4.27. The Kier molecular flexibility index (Phi) is 8.95. The number of carbonyl (C=O) groups is 2. The third-order valence-electron chi connectivity index (χ3n) is 2.47. The molecule has 0 aromatic carbocycles. The van der Waals surface area contributed by atoms with Gasteiger partial charge in [0.1, 0.15) is 6.04 Å². The van der Waals surface area contributed by atoms with Crippen LogP contribution in [0.1, 0.15) is 13.3 Å². The summed E-state index contributed by atoms with van der Waals surface area (Å²) < 4.78 is 4.93. The number of rotatable bonds is 9. The Morgan fingerprint density at radius 1 is 1.39 bits per heavy atom. The fraction of sp³-hybridized carbons (Fsp3) is 0.818. The van der Waals surface area contributed by atoms with Crippen molar-refractivity contribution < 1.29 is 19.4 Å². The van der Waals surface area contributed by atoms with Crippen LogP contribution in [0.25, 0.3) is 0 Å². The van der Waals surface area contributed by atoms with Crippen molar-refractivity contribution in [3.8, 4) is 0 Å². The molecule has 18 heavy (non-hydrogen) atoms. The van der Waals surface area contributed by atoms with Crippen LogP contribution in [0.3, 0.4) is 0 Å². The van der Waals surface area contributed by atoms with Gasteiger partial charge in [-0.05, 0) is 13.5 Å². The third-order valence-corrected chi connectivity index (χ3v) is 2.47. The summed E-state index contributed by atoms with van der Waals surface area (Å²) in [4.78, 5) is 24.1. The Hall–Kier alpha value is -1.34. The summed E-state index contributed by atoms with van der Waals surface area (Å²) in [7, 11) is 3.56. The van der Waals surface area contributed by atoms with Crippen molar-refractivity contribution in [3.05, 3.63) is 0 Å². The molecule has 2 amide bonds. The molecule has 0 unspecified atom stereocenters. The van der Waals surface area contributed by atoms with Gasteiger partial charge in [-0.25, -0.2) is 9.59 Å². The lowest BCUT2D eigenvalue weighted by atomic mass is 10.2. The average Bonchev–Trinajstić information content (AvgIpc) is 2.33. The molecule has 0 aliphatic carbocycles. The van der Waals surface area contributed by atoms with Crippen LogP contribution in [0.15, 0.2) is 0 Å². The second kappa shape index (κ2) is 9.67. The van der Waals surface area contributed by atoms with E-state index in [9.17, 15) is 9.59 Å². The molecule has 3 N–H and O–H groups in total. The van der Waals surface area contributed by atoms with Gasteiger partial charge in [0.2, 0.25) is 0 Å². The first-order chi connectivity index (χ1) is 8.51. The molecule has 0 saturated heterocycles. The summed E-state index contributed by atoms with van der Waals surface area (Å²) in [6, 6.07) is -1.29. The van der Waals surface area contributed by atoms with Gasteiger partial charge in [0, 0.05) is 26.7 Å². The van der Waals surface area contributed by atoms with E-state index in [0.29, 0.717) is 26.1 Å². The highest BCUT2D eigenvalue weighted by Crippen LogP contribution is 1.90. The van der Waals surface area contributed by atoms with Crippen molar-refractivity contribution >= 4 is 12.0 Å².